The first kappa shape index (κ1) is 25.2. The van der Waals surface area contributed by atoms with Crippen molar-refractivity contribution >= 4 is 23.4 Å². The number of rotatable bonds is 8. The van der Waals surface area contributed by atoms with Crippen molar-refractivity contribution in [2.75, 3.05) is 27.4 Å². The monoisotopic (exact) mass is 508 g/mol. The van der Waals surface area contributed by atoms with Crippen LogP contribution >= 0.6 is 11.3 Å². The van der Waals surface area contributed by atoms with Gasteiger partial charge >= 0.3 is 5.97 Å². The highest BCUT2D eigenvalue weighted by molar-refractivity contribution is 7.07. The van der Waals surface area contributed by atoms with E-state index in [4.69, 9.17) is 18.9 Å². The fraction of sp³-hybridized carbons (Fsp3) is 0.296. The predicted octanol–water partition coefficient (Wildman–Crippen LogP) is 3.21. The molecule has 1 aliphatic rings. The van der Waals surface area contributed by atoms with E-state index in [1.165, 1.54) is 11.3 Å². The van der Waals surface area contributed by atoms with Crippen LogP contribution in [0.25, 0.3) is 6.08 Å². The second-order valence-electron chi connectivity index (χ2n) is 7.92. The zero-order chi connectivity index (χ0) is 25.8. The first-order valence-electron chi connectivity index (χ1n) is 11.6. The van der Waals surface area contributed by atoms with Crippen LogP contribution in [0.4, 0.5) is 0 Å². The maximum atomic E-state index is 13.7. The van der Waals surface area contributed by atoms with Gasteiger partial charge in [0.05, 0.1) is 49.3 Å². The molecule has 0 fully saturated rings. The SMILES string of the molecule is CCOC(=O)C1=C(C)N=c2s/c(=C/c3ccc(OC)cc3)c(=O)n2[C@H]1c1ccc(OC)c(OCC)c1. The number of ether oxygens (including phenoxy) is 4. The first-order chi connectivity index (χ1) is 17.4. The zero-order valence-corrected chi connectivity index (χ0v) is 21.7. The van der Waals surface area contributed by atoms with E-state index < -0.39 is 12.0 Å². The lowest BCUT2D eigenvalue weighted by Crippen LogP contribution is -2.40. The first-order valence-corrected chi connectivity index (χ1v) is 12.4. The van der Waals surface area contributed by atoms with Crippen molar-refractivity contribution in [2.45, 2.75) is 26.8 Å². The molecule has 0 saturated heterocycles. The molecule has 2 heterocycles. The number of carbonyl (C=O) groups excluding carboxylic acids is 1. The number of nitrogens with zero attached hydrogens (tertiary/aromatic N) is 2. The van der Waals surface area contributed by atoms with Crippen LogP contribution in [0.2, 0.25) is 0 Å². The molecule has 0 bridgehead atoms. The topological polar surface area (TPSA) is 88.4 Å². The fourth-order valence-corrected chi connectivity index (χ4v) is 5.14. The Morgan fingerprint density at radius 3 is 2.44 bits per heavy atom. The lowest BCUT2D eigenvalue weighted by Gasteiger charge is -2.25. The van der Waals surface area contributed by atoms with E-state index in [-0.39, 0.29) is 12.2 Å². The van der Waals surface area contributed by atoms with Gasteiger partial charge in [-0.05, 0) is 62.2 Å². The summed E-state index contributed by atoms with van der Waals surface area (Å²) < 4.78 is 23.8. The second-order valence-corrected chi connectivity index (χ2v) is 8.93. The van der Waals surface area contributed by atoms with Gasteiger partial charge in [0.15, 0.2) is 16.3 Å². The van der Waals surface area contributed by atoms with E-state index in [1.807, 2.05) is 43.3 Å². The van der Waals surface area contributed by atoms with Gasteiger partial charge in [-0.1, -0.05) is 29.5 Å². The van der Waals surface area contributed by atoms with Gasteiger partial charge in [-0.2, -0.15) is 0 Å². The minimum absolute atomic E-state index is 0.205. The number of esters is 1. The molecule has 0 aliphatic carbocycles. The summed E-state index contributed by atoms with van der Waals surface area (Å²) in [5.74, 6) is 1.30. The quantitative estimate of drug-likeness (QED) is 0.434. The number of hydrogen-bond donors (Lipinski definition) is 0. The maximum absolute atomic E-state index is 13.7. The lowest BCUT2D eigenvalue weighted by atomic mass is 9.95. The van der Waals surface area contributed by atoms with Crippen molar-refractivity contribution < 1.29 is 23.7 Å². The van der Waals surface area contributed by atoms with Gasteiger partial charge in [-0.15, -0.1) is 0 Å². The highest BCUT2D eigenvalue weighted by Crippen LogP contribution is 2.36. The third-order valence-electron chi connectivity index (χ3n) is 5.73. The Morgan fingerprint density at radius 1 is 1.06 bits per heavy atom. The smallest absolute Gasteiger partial charge is 0.338 e. The summed E-state index contributed by atoms with van der Waals surface area (Å²) in [6.07, 6.45) is 1.81. The largest absolute Gasteiger partial charge is 0.497 e. The van der Waals surface area contributed by atoms with Crippen molar-refractivity contribution in [3.63, 3.8) is 0 Å². The molecule has 0 radical (unpaired) electrons. The number of allylic oxidation sites excluding steroid dienone is 1. The molecule has 8 nitrogen and oxygen atoms in total. The standard InChI is InChI=1S/C27H28N2O6S/c1-6-34-21-15-18(10-13-20(21)33-5)24-23(26(31)35-7-2)16(3)28-27-29(24)25(30)22(36-27)14-17-8-11-19(32-4)12-9-17/h8-15,24H,6-7H2,1-5H3/b22-14+/t24-/m0/s1. The van der Waals surface area contributed by atoms with Crippen LogP contribution in [0.15, 0.2) is 63.5 Å². The average Bonchev–Trinajstić information content (AvgIpc) is 3.18. The average molecular weight is 509 g/mol. The van der Waals surface area contributed by atoms with Crippen LogP contribution < -0.4 is 29.1 Å². The summed E-state index contributed by atoms with van der Waals surface area (Å²) in [6, 6.07) is 12.1. The molecule has 4 rings (SSSR count). The van der Waals surface area contributed by atoms with Gasteiger partial charge in [0, 0.05) is 0 Å². The molecule has 1 aliphatic heterocycles. The molecule has 3 aromatic rings. The normalized spacial score (nSPS) is 15.2. The third-order valence-corrected chi connectivity index (χ3v) is 6.72. The van der Waals surface area contributed by atoms with Crippen LogP contribution in [-0.2, 0) is 9.53 Å². The van der Waals surface area contributed by atoms with Crippen molar-refractivity contribution in [2.24, 2.45) is 4.99 Å². The van der Waals surface area contributed by atoms with E-state index in [0.29, 0.717) is 44.3 Å². The van der Waals surface area contributed by atoms with Crippen LogP contribution in [-0.4, -0.2) is 38.0 Å². The number of methoxy groups -OCH3 is 2. The molecule has 188 valence electrons. The number of benzene rings is 2. The summed E-state index contributed by atoms with van der Waals surface area (Å²) in [5.41, 5.74) is 2.11. The molecule has 1 aromatic heterocycles. The second kappa shape index (κ2) is 10.8. The Bertz CT molecular complexity index is 1480. The van der Waals surface area contributed by atoms with Gasteiger partial charge in [0.25, 0.3) is 5.56 Å². The molecule has 0 N–H and O–H groups in total. The summed E-state index contributed by atoms with van der Waals surface area (Å²) >= 11 is 1.27. The number of carbonyl (C=O) groups is 1. The Hall–Kier alpha value is -3.85. The number of hydrogen-bond acceptors (Lipinski definition) is 8. The van der Waals surface area contributed by atoms with Crippen molar-refractivity contribution in [3.8, 4) is 17.2 Å². The fourth-order valence-electron chi connectivity index (χ4n) is 4.09. The van der Waals surface area contributed by atoms with Crippen LogP contribution in [0.1, 0.15) is 37.9 Å². The molecular weight excluding hydrogens is 480 g/mol. The van der Waals surface area contributed by atoms with Crippen LogP contribution in [0.5, 0.6) is 17.2 Å². The van der Waals surface area contributed by atoms with E-state index in [9.17, 15) is 9.59 Å². The minimum atomic E-state index is -0.733. The summed E-state index contributed by atoms with van der Waals surface area (Å²) in [4.78, 5) is 31.9. The molecule has 0 unspecified atom stereocenters. The maximum Gasteiger partial charge on any atom is 0.338 e. The zero-order valence-electron chi connectivity index (χ0n) is 20.9. The van der Waals surface area contributed by atoms with E-state index in [2.05, 4.69) is 4.99 Å². The molecular formula is C27H28N2O6S. The number of fused-ring (bicyclic) bond motifs is 1. The van der Waals surface area contributed by atoms with Gasteiger partial charge in [0.1, 0.15) is 5.75 Å². The highest BCUT2D eigenvalue weighted by atomic mass is 32.1. The lowest BCUT2D eigenvalue weighted by molar-refractivity contribution is -0.139. The molecule has 9 heteroatoms. The predicted molar refractivity (Wildman–Crippen MR) is 138 cm³/mol. The van der Waals surface area contributed by atoms with Gasteiger partial charge in [0.2, 0.25) is 0 Å². The molecule has 1 atom stereocenters. The molecule has 0 amide bonds. The summed E-state index contributed by atoms with van der Waals surface area (Å²) in [5, 5.41) is 0. The van der Waals surface area contributed by atoms with Gasteiger partial charge < -0.3 is 18.9 Å². The van der Waals surface area contributed by atoms with Crippen molar-refractivity contribution in [1.82, 2.24) is 4.57 Å². The third kappa shape index (κ3) is 4.79. The molecule has 2 aromatic carbocycles. The molecule has 0 saturated carbocycles. The Balaban J connectivity index is 1.93. The van der Waals surface area contributed by atoms with Crippen LogP contribution in [0, 0.1) is 0 Å². The van der Waals surface area contributed by atoms with Crippen molar-refractivity contribution in [1.29, 1.82) is 0 Å². The Kier molecular flexibility index (Phi) is 7.59. The summed E-state index contributed by atoms with van der Waals surface area (Å²) in [7, 11) is 3.17. The Labute approximate surface area is 212 Å². The van der Waals surface area contributed by atoms with Crippen LogP contribution in [0.3, 0.4) is 0 Å². The number of thiazole rings is 1. The van der Waals surface area contributed by atoms with Gasteiger partial charge in [-0.3, -0.25) is 9.36 Å². The van der Waals surface area contributed by atoms with E-state index >= 15 is 0 Å². The van der Waals surface area contributed by atoms with Gasteiger partial charge in [-0.25, -0.2) is 9.79 Å². The highest BCUT2D eigenvalue weighted by Gasteiger charge is 2.33. The number of aromatic nitrogens is 1. The summed E-state index contributed by atoms with van der Waals surface area (Å²) in [6.45, 7) is 6.02. The Morgan fingerprint density at radius 2 is 1.81 bits per heavy atom. The molecule has 0 spiro atoms. The van der Waals surface area contributed by atoms with Crippen molar-refractivity contribution in [3.05, 3.63) is 84.5 Å². The van der Waals surface area contributed by atoms with E-state index in [0.717, 1.165) is 11.3 Å². The van der Waals surface area contributed by atoms with E-state index in [1.54, 1.807) is 44.8 Å². The molecule has 36 heavy (non-hydrogen) atoms. The minimum Gasteiger partial charge on any atom is -0.497 e.